The number of nitrogens with two attached hydrogens (primary N) is 1. The third-order valence-corrected chi connectivity index (χ3v) is 2.83. The quantitative estimate of drug-likeness (QED) is 0.788. The van der Waals surface area contributed by atoms with E-state index in [0.29, 0.717) is 5.56 Å². The molecule has 0 amide bonds. The summed E-state index contributed by atoms with van der Waals surface area (Å²) in [7, 11) is 0. The van der Waals surface area contributed by atoms with Crippen LogP contribution in [0.15, 0.2) is 18.3 Å². The summed E-state index contributed by atoms with van der Waals surface area (Å²) in [5.74, 6) is -0.130. The first kappa shape index (κ1) is 10.9. The predicted molar refractivity (Wildman–Crippen MR) is 60.2 cm³/mol. The molecule has 5 heteroatoms. The van der Waals surface area contributed by atoms with E-state index < -0.39 is 12.0 Å². The number of aromatic nitrogens is 1. The maximum absolute atomic E-state index is 10.7. The van der Waals surface area contributed by atoms with Crippen molar-refractivity contribution in [2.24, 2.45) is 5.73 Å². The fourth-order valence-corrected chi connectivity index (χ4v) is 1.86. The van der Waals surface area contributed by atoms with Crippen molar-refractivity contribution in [1.29, 1.82) is 0 Å². The molecule has 1 aromatic heterocycles. The zero-order valence-corrected chi connectivity index (χ0v) is 8.97. The normalized spacial score (nSPS) is 17.4. The topological polar surface area (TPSA) is 79.5 Å². The van der Waals surface area contributed by atoms with Gasteiger partial charge >= 0.3 is 5.97 Å². The van der Waals surface area contributed by atoms with Gasteiger partial charge in [-0.15, -0.1) is 0 Å². The zero-order valence-electron chi connectivity index (χ0n) is 8.97. The summed E-state index contributed by atoms with van der Waals surface area (Å²) in [4.78, 5) is 17.1. The van der Waals surface area contributed by atoms with Crippen LogP contribution in [-0.2, 0) is 4.79 Å². The summed E-state index contributed by atoms with van der Waals surface area (Å²) < 4.78 is 0. The molecule has 0 bridgehead atoms. The third kappa shape index (κ3) is 2.14. The van der Waals surface area contributed by atoms with E-state index in [9.17, 15) is 4.79 Å². The molecule has 1 aliphatic heterocycles. The van der Waals surface area contributed by atoms with E-state index in [4.69, 9.17) is 10.8 Å². The van der Waals surface area contributed by atoms with Gasteiger partial charge in [0, 0.05) is 19.3 Å². The van der Waals surface area contributed by atoms with Gasteiger partial charge in [0.25, 0.3) is 0 Å². The number of hydrogen-bond acceptors (Lipinski definition) is 4. The van der Waals surface area contributed by atoms with E-state index in [-0.39, 0.29) is 0 Å². The Bertz CT molecular complexity index is 371. The van der Waals surface area contributed by atoms with Gasteiger partial charge in [-0.3, -0.25) is 4.79 Å². The van der Waals surface area contributed by atoms with E-state index in [0.717, 1.165) is 18.9 Å². The lowest BCUT2D eigenvalue weighted by atomic mass is 10.1. The number of nitrogens with zero attached hydrogens (tertiary/aromatic N) is 2. The number of rotatable bonds is 3. The second-order valence-corrected chi connectivity index (χ2v) is 3.96. The van der Waals surface area contributed by atoms with Crippen molar-refractivity contribution in [1.82, 2.24) is 4.98 Å². The summed E-state index contributed by atoms with van der Waals surface area (Å²) in [6.45, 7) is 2.05. The van der Waals surface area contributed by atoms with Crippen molar-refractivity contribution in [3.63, 3.8) is 0 Å². The van der Waals surface area contributed by atoms with Gasteiger partial charge in [-0.05, 0) is 24.5 Å². The molecule has 1 fully saturated rings. The van der Waals surface area contributed by atoms with E-state index in [1.165, 1.54) is 12.8 Å². The Morgan fingerprint density at radius 3 is 2.62 bits per heavy atom. The van der Waals surface area contributed by atoms with Crippen LogP contribution in [-0.4, -0.2) is 29.1 Å². The minimum Gasteiger partial charge on any atom is -0.480 e. The summed E-state index contributed by atoms with van der Waals surface area (Å²) in [5.41, 5.74) is 6.03. The SMILES string of the molecule is NC(C(=O)O)c1ccc(N2CCCC2)nc1. The molecule has 3 N–H and O–H groups in total. The number of carboxylic acids is 1. The highest BCUT2D eigenvalue weighted by atomic mass is 16.4. The largest absolute Gasteiger partial charge is 0.480 e. The van der Waals surface area contributed by atoms with Gasteiger partial charge in [0.15, 0.2) is 0 Å². The number of carbonyl (C=O) groups is 1. The summed E-state index contributed by atoms with van der Waals surface area (Å²) in [6, 6.07) is 2.59. The van der Waals surface area contributed by atoms with Crippen LogP contribution in [0.25, 0.3) is 0 Å². The van der Waals surface area contributed by atoms with Gasteiger partial charge < -0.3 is 15.7 Å². The molecular formula is C11H15N3O2. The smallest absolute Gasteiger partial charge is 0.325 e. The Morgan fingerprint density at radius 1 is 1.44 bits per heavy atom. The van der Waals surface area contributed by atoms with Gasteiger partial charge in [0.1, 0.15) is 11.9 Å². The Morgan fingerprint density at radius 2 is 2.12 bits per heavy atom. The van der Waals surface area contributed by atoms with Crippen LogP contribution in [0.5, 0.6) is 0 Å². The average Bonchev–Trinajstić information content (AvgIpc) is 2.81. The first-order valence-corrected chi connectivity index (χ1v) is 5.38. The summed E-state index contributed by atoms with van der Waals surface area (Å²) in [6.07, 6.45) is 3.93. The van der Waals surface area contributed by atoms with Crippen LogP contribution in [0.3, 0.4) is 0 Å². The summed E-state index contributed by atoms with van der Waals surface area (Å²) >= 11 is 0. The molecule has 1 aliphatic rings. The van der Waals surface area contributed by atoms with Crippen molar-refractivity contribution in [2.75, 3.05) is 18.0 Å². The third-order valence-electron chi connectivity index (χ3n) is 2.83. The maximum atomic E-state index is 10.7. The minimum atomic E-state index is -1.03. The molecule has 1 saturated heterocycles. The number of aliphatic carboxylic acids is 1. The van der Waals surface area contributed by atoms with E-state index in [1.54, 1.807) is 12.3 Å². The Labute approximate surface area is 93.9 Å². The number of carboxylic acid groups (broad SMARTS) is 1. The lowest BCUT2D eigenvalue weighted by molar-refractivity contribution is -0.138. The van der Waals surface area contributed by atoms with Crippen molar-refractivity contribution in [3.8, 4) is 0 Å². The van der Waals surface area contributed by atoms with Gasteiger partial charge in [0.05, 0.1) is 0 Å². The standard InChI is InChI=1S/C11H15N3O2/c12-10(11(15)16)8-3-4-9(13-7-8)14-5-1-2-6-14/h3-4,7,10H,1-2,5-6,12H2,(H,15,16). The second kappa shape index (κ2) is 4.49. The second-order valence-electron chi connectivity index (χ2n) is 3.96. The van der Waals surface area contributed by atoms with Crippen LogP contribution in [0.1, 0.15) is 24.4 Å². The molecule has 1 atom stereocenters. The van der Waals surface area contributed by atoms with Crippen LogP contribution in [0.2, 0.25) is 0 Å². The first-order valence-electron chi connectivity index (χ1n) is 5.38. The van der Waals surface area contributed by atoms with E-state index >= 15 is 0 Å². The van der Waals surface area contributed by atoms with Gasteiger partial charge in [-0.1, -0.05) is 6.07 Å². The van der Waals surface area contributed by atoms with E-state index in [2.05, 4.69) is 9.88 Å². The molecule has 0 spiro atoms. The molecule has 0 saturated carbocycles. The number of hydrogen-bond donors (Lipinski definition) is 2. The molecule has 0 aromatic carbocycles. The predicted octanol–water partition coefficient (Wildman–Crippen LogP) is 0.766. The van der Waals surface area contributed by atoms with Crippen molar-refractivity contribution in [2.45, 2.75) is 18.9 Å². The monoisotopic (exact) mass is 221 g/mol. The Kier molecular flexibility index (Phi) is 3.05. The fourth-order valence-electron chi connectivity index (χ4n) is 1.86. The number of pyridine rings is 1. The molecule has 1 unspecified atom stereocenters. The maximum Gasteiger partial charge on any atom is 0.325 e. The number of anilines is 1. The molecule has 16 heavy (non-hydrogen) atoms. The lowest BCUT2D eigenvalue weighted by Crippen LogP contribution is -2.22. The summed E-state index contributed by atoms with van der Waals surface area (Å²) in [5, 5.41) is 8.75. The molecule has 86 valence electrons. The fraction of sp³-hybridized carbons (Fsp3) is 0.455. The van der Waals surface area contributed by atoms with Crippen molar-refractivity contribution < 1.29 is 9.90 Å². The Hall–Kier alpha value is -1.62. The highest BCUT2D eigenvalue weighted by Gasteiger charge is 2.16. The lowest BCUT2D eigenvalue weighted by Gasteiger charge is -2.16. The van der Waals surface area contributed by atoms with Gasteiger partial charge in [-0.25, -0.2) is 4.98 Å². The molecule has 1 aromatic rings. The zero-order chi connectivity index (χ0) is 11.5. The molecule has 5 nitrogen and oxygen atoms in total. The van der Waals surface area contributed by atoms with E-state index in [1.807, 2.05) is 6.07 Å². The van der Waals surface area contributed by atoms with Crippen LogP contribution in [0, 0.1) is 0 Å². The van der Waals surface area contributed by atoms with Crippen LogP contribution in [0.4, 0.5) is 5.82 Å². The molecule has 2 rings (SSSR count). The minimum absolute atomic E-state index is 0.537. The van der Waals surface area contributed by atoms with Crippen molar-refractivity contribution >= 4 is 11.8 Å². The van der Waals surface area contributed by atoms with Crippen LogP contribution >= 0.6 is 0 Å². The van der Waals surface area contributed by atoms with Gasteiger partial charge in [0.2, 0.25) is 0 Å². The van der Waals surface area contributed by atoms with Crippen LogP contribution < -0.4 is 10.6 Å². The highest BCUT2D eigenvalue weighted by Crippen LogP contribution is 2.19. The molecule has 2 heterocycles. The molecule has 0 aliphatic carbocycles. The Balaban J connectivity index is 2.12. The van der Waals surface area contributed by atoms with Gasteiger partial charge in [-0.2, -0.15) is 0 Å². The molecule has 0 radical (unpaired) electrons. The molecular weight excluding hydrogens is 206 g/mol. The van der Waals surface area contributed by atoms with Crippen molar-refractivity contribution in [3.05, 3.63) is 23.9 Å². The highest BCUT2D eigenvalue weighted by molar-refractivity contribution is 5.75. The average molecular weight is 221 g/mol. The first-order chi connectivity index (χ1) is 7.68.